The zero-order valence-electron chi connectivity index (χ0n) is 7.19. The molecular formula is C9H9N3S. The Bertz CT molecular complexity index is 442. The van der Waals surface area contributed by atoms with Crippen LogP contribution in [-0.2, 0) is 0 Å². The van der Waals surface area contributed by atoms with Crippen LogP contribution in [0, 0.1) is 0 Å². The Labute approximate surface area is 80.4 Å². The Morgan fingerprint density at radius 2 is 2.00 bits per heavy atom. The fourth-order valence-corrected chi connectivity index (χ4v) is 1.80. The molecule has 0 aliphatic carbocycles. The van der Waals surface area contributed by atoms with Crippen molar-refractivity contribution in [2.24, 2.45) is 0 Å². The molecule has 0 aliphatic heterocycles. The van der Waals surface area contributed by atoms with Gasteiger partial charge in [-0.1, -0.05) is 18.2 Å². The van der Waals surface area contributed by atoms with Gasteiger partial charge in [0, 0.05) is 5.39 Å². The molecule has 2 rings (SSSR count). The lowest BCUT2D eigenvalue weighted by Crippen LogP contribution is -1.96. The largest absolute Gasteiger partial charge is 0.368 e. The second-order valence-corrected chi connectivity index (χ2v) is 3.40. The number of nitrogen functional groups attached to an aromatic ring is 1. The third-order valence-electron chi connectivity index (χ3n) is 1.78. The van der Waals surface area contributed by atoms with Gasteiger partial charge in [-0.25, -0.2) is 9.97 Å². The first-order valence-electron chi connectivity index (χ1n) is 3.87. The van der Waals surface area contributed by atoms with Gasteiger partial charge in [-0.2, -0.15) is 0 Å². The van der Waals surface area contributed by atoms with Crippen LogP contribution >= 0.6 is 11.8 Å². The number of hydrogen-bond acceptors (Lipinski definition) is 4. The molecule has 0 unspecified atom stereocenters. The third kappa shape index (κ3) is 1.45. The fraction of sp³-hybridized carbons (Fsp3) is 0.111. The number of aromatic nitrogens is 2. The molecule has 0 fully saturated rings. The number of para-hydroxylation sites is 1. The summed E-state index contributed by atoms with van der Waals surface area (Å²) in [5.41, 5.74) is 6.47. The van der Waals surface area contributed by atoms with E-state index in [4.69, 9.17) is 5.73 Å². The normalized spacial score (nSPS) is 10.5. The van der Waals surface area contributed by atoms with Crippen molar-refractivity contribution in [3.63, 3.8) is 0 Å². The average Bonchev–Trinajstić information content (AvgIpc) is 2.16. The van der Waals surface area contributed by atoms with E-state index in [1.165, 1.54) is 0 Å². The first kappa shape index (κ1) is 8.31. The minimum absolute atomic E-state index is 0.336. The Balaban J connectivity index is 2.81. The summed E-state index contributed by atoms with van der Waals surface area (Å²) in [7, 11) is 0. The quantitative estimate of drug-likeness (QED) is 0.552. The van der Waals surface area contributed by atoms with E-state index in [1.54, 1.807) is 11.8 Å². The highest BCUT2D eigenvalue weighted by Gasteiger charge is 2.02. The predicted octanol–water partition coefficient (Wildman–Crippen LogP) is 1.93. The van der Waals surface area contributed by atoms with Gasteiger partial charge in [0.2, 0.25) is 5.95 Å². The number of nitrogens with two attached hydrogens (primary N) is 1. The van der Waals surface area contributed by atoms with Gasteiger partial charge < -0.3 is 5.73 Å². The minimum atomic E-state index is 0.336. The molecule has 1 aromatic carbocycles. The van der Waals surface area contributed by atoms with E-state index in [2.05, 4.69) is 9.97 Å². The molecule has 0 saturated carbocycles. The average molecular weight is 191 g/mol. The van der Waals surface area contributed by atoms with Gasteiger partial charge in [0.15, 0.2) is 0 Å². The molecule has 0 radical (unpaired) electrons. The van der Waals surface area contributed by atoms with Crippen molar-refractivity contribution < 1.29 is 0 Å². The van der Waals surface area contributed by atoms with Gasteiger partial charge in [-0.15, -0.1) is 11.8 Å². The first-order valence-corrected chi connectivity index (χ1v) is 5.10. The van der Waals surface area contributed by atoms with E-state index in [-0.39, 0.29) is 0 Å². The van der Waals surface area contributed by atoms with E-state index in [9.17, 15) is 0 Å². The number of rotatable bonds is 1. The zero-order chi connectivity index (χ0) is 9.26. The number of benzene rings is 1. The second kappa shape index (κ2) is 3.22. The molecule has 13 heavy (non-hydrogen) atoms. The summed E-state index contributed by atoms with van der Waals surface area (Å²) in [6, 6.07) is 7.86. The molecule has 2 N–H and O–H groups in total. The van der Waals surface area contributed by atoms with Crippen molar-refractivity contribution in [2.75, 3.05) is 12.0 Å². The van der Waals surface area contributed by atoms with Crippen molar-refractivity contribution in [1.29, 1.82) is 0 Å². The maximum atomic E-state index is 5.56. The highest BCUT2D eigenvalue weighted by molar-refractivity contribution is 7.98. The molecule has 3 nitrogen and oxygen atoms in total. The van der Waals surface area contributed by atoms with Gasteiger partial charge >= 0.3 is 0 Å². The van der Waals surface area contributed by atoms with Gasteiger partial charge in [-0.05, 0) is 12.3 Å². The van der Waals surface area contributed by atoms with Crippen LogP contribution in [0.25, 0.3) is 10.9 Å². The van der Waals surface area contributed by atoms with Crippen LogP contribution in [0.1, 0.15) is 0 Å². The van der Waals surface area contributed by atoms with E-state index in [1.807, 2.05) is 30.5 Å². The summed E-state index contributed by atoms with van der Waals surface area (Å²) in [4.78, 5) is 8.29. The number of fused-ring (bicyclic) bond motifs is 1. The topological polar surface area (TPSA) is 51.8 Å². The summed E-state index contributed by atoms with van der Waals surface area (Å²) in [6.07, 6.45) is 1.98. The number of nitrogens with zero attached hydrogens (tertiary/aromatic N) is 2. The predicted molar refractivity (Wildman–Crippen MR) is 55.7 cm³/mol. The lowest BCUT2D eigenvalue weighted by molar-refractivity contribution is 1.12. The molecule has 0 spiro atoms. The summed E-state index contributed by atoms with van der Waals surface area (Å²) in [5.74, 6) is 0.336. The number of thioether (sulfide) groups is 1. The maximum absolute atomic E-state index is 5.56. The second-order valence-electron chi connectivity index (χ2n) is 2.61. The Morgan fingerprint density at radius 3 is 2.77 bits per heavy atom. The van der Waals surface area contributed by atoms with E-state index in [0.29, 0.717) is 5.95 Å². The molecule has 0 aliphatic rings. The first-order chi connectivity index (χ1) is 6.31. The highest BCUT2D eigenvalue weighted by atomic mass is 32.2. The standard InChI is InChI=1S/C9H9N3S/c1-13-8-6-4-2-3-5-7(6)11-9(10)12-8/h2-5H,1H3,(H2,10,11,12). The molecule has 0 atom stereocenters. The molecule has 1 aromatic heterocycles. The molecule has 0 bridgehead atoms. The molecule has 4 heteroatoms. The molecule has 0 saturated heterocycles. The Hall–Kier alpha value is -1.29. The minimum Gasteiger partial charge on any atom is -0.368 e. The van der Waals surface area contributed by atoms with Crippen LogP contribution in [0.5, 0.6) is 0 Å². The molecule has 66 valence electrons. The third-order valence-corrected chi connectivity index (χ3v) is 2.48. The van der Waals surface area contributed by atoms with E-state index in [0.717, 1.165) is 15.9 Å². The Kier molecular flexibility index (Phi) is 2.06. The van der Waals surface area contributed by atoms with Crippen LogP contribution in [0.3, 0.4) is 0 Å². The Morgan fingerprint density at radius 1 is 1.23 bits per heavy atom. The maximum Gasteiger partial charge on any atom is 0.221 e. The van der Waals surface area contributed by atoms with E-state index >= 15 is 0 Å². The molecular weight excluding hydrogens is 182 g/mol. The van der Waals surface area contributed by atoms with Crippen molar-refractivity contribution in [1.82, 2.24) is 9.97 Å². The zero-order valence-corrected chi connectivity index (χ0v) is 8.01. The SMILES string of the molecule is CSc1nc(N)nc2ccccc12. The van der Waals surface area contributed by atoms with Gasteiger partial charge in [0.1, 0.15) is 5.03 Å². The highest BCUT2D eigenvalue weighted by Crippen LogP contribution is 2.23. The lowest BCUT2D eigenvalue weighted by atomic mass is 10.2. The van der Waals surface area contributed by atoms with E-state index < -0.39 is 0 Å². The summed E-state index contributed by atoms with van der Waals surface area (Å²) >= 11 is 1.58. The number of anilines is 1. The van der Waals surface area contributed by atoms with Crippen LogP contribution < -0.4 is 5.73 Å². The van der Waals surface area contributed by atoms with Crippen molar-refractivity contribution in [2.45, 2.75) is 5.03 Å². The van der Waals surface area contributed by atoms with Crippen LogP contribution in [0.4, 0.5) is 5.95 Å². The van der Waals surface area contributed by atoms with Gasteiger partial charge in [0.25, 0.3) is 0 Å². The van der Waals surface area contributed by atoms with Crippen molar-refractivity contribution in [3.8, 4) is 0 Å². The number of hydrogen-bond donors (Lipinski definition) is 1. The van der Waals surface area contributed by atoms with Crippen LogP contribution in [0.2, 0.25) is 0 Å². The summed E-state index contributed by atoms with van der Waals surface area (Å²) < 4.78 is 0. The lowest BCUT2D eigenvalue weighted by Gasteiger charge is -2.02. The fourth-order valence-electron chi connectivity index (χ4n) is 1.22. The molecule has 1 heterocycles. The van der Waals surface area contributed by atoms with Crippen LogP contribution in [-0.4, -0.2) is 16.2 Å². The molecule has 2 aromatic rings. The van der Waals surface area contributed by atoms with Crippen LogP contribution in [0.15, 0.2) is 29.3 Å². The smallest absolute Gasteiger partial charge is 0.221 e. The summed E-state index contributed by atoms with van der Waals surface area (Å²) in [5, 5.41) is 1.99. The van der Waals surface area contributed by atoms with Gasteiger partial charge in [0.05, 0.1) is 5.52 Å². The van der Waals surface area contributed by atoms with Crippen molar-refractivity contribution >= 4 is 28.6 Å². The monoisotopic (exact) mass is 191 g/mol. The molecule has 0 amide bonds. The van der Waals surface area contributed by atoms with Crippen molar-refractivity contribution in [3.05, 3.63) is 24.3 Å². The van der Waals surface area contributed by atoms with Gasteiger partial charge in [-0.3, -0.25) is 0 Å². The summed E-state index contributed by atoms with van der Waals surface area (Å²) in [6.45, 7) is 0.